The molecule has 15 heteroatoms. The van der Waals surface area contributed by atoms with Gasteiger partial charge in [-0.25, -0.2) is 29.9 Å². The van der Waals surface area contributed by atoms with Crippen molar-refractivity contribution in [3.63, 3.8) is 0 Å². The highest BCUT2D eigenvalue weighted by Crippen LogP contribution is 2.48. The Kier molecular flexibility index (Phi) is 19.1. The van der Waals surface area contributed by atoms with Gasteiger partial charge >= 0.3 is 0 Å². The highest BCUT2D eigenvalue weighted by atomic mass is 32.1. The third-order valence-corrected chi connectivity index (χ3v) is 31.8. The lowest BCUT2D eigenvalue weighted by Gasteiger charge is -2.10. The fourth-order valence-corrected chi connectivity index (χ4v) is 25.2. The number of aromatic nitrogens is 12. The van der Waals surface area contributed by atoms with Gasteiger partial charge in [0.2, 0.25) is 5.71 Å². The van der Waals surface area contributed by atoms with Gasteiger partial charge in [-0.05, 0) is 221 Å². The highest BCUT2D eigenvalue weighted by molar-refractivity contribution is 7.26. The summed E-state index contributed by atoms with van der Waals surface area (Å²) in [5.41, 5.74) is 33.6. The molecule has 20 aromatic carbocycles. The molecule has 32 rings (SSSR count). The van der Waals surface area contributed by atoms with Crippen molar-refractivity contribution in [3.05, 3.63) is 486 Å². The molecule has 0 atom stereocenters. The van der Waals surface area contributed by atoms with E-state index in [2.05, 4.69) is 491 Å². The summed E-state index contributed by atoms with van der Waals surface area (Å²) in [5, 5.41) is 20.3. The summed E-state index contributed by atoms with van der Waals surface area (Å²) in [4.78, 5) is 29.1. The minimum absolute atomic E-state index is 0.590. The molecular weight excluding hydrogens is 1830 g/mol. The van der Waals surface area contributed by atoms with E-state index in [-0.39, 0.29) is 0 Å². The van der Waals surface area contributed by atoms with Crippen molar-refractivity contribution < 1.29 is 4.42 Å². The summed E-state index contributed by atoms with van der Waals surface area (Å²) in [6, 6.07) is 168. The molecule has 0 aliphatic carbocycles. The Hall–Kier alpha value is -19.3. The maximum absolute atomic E-state index is 6.12. The molecule has 12 heterocycles. The molecular formula is C132H80N12OS2. The van der Waals surface area contributed by atoms with Crippen LogP contribution >= 0.6 is 22.7 Å². The third kappa shape index (κ3) is 13.4. The number of para-hydroxylation sites is 10. The normalized spacial score (nSPS) is 11.9. The van der Waals surface area contributed by atoms with E-state index in [1.54, 1.807) is 41.7 Å². The van der Waals surface area contributed by atoms with Gasteiger partial charge in [0.05, 0.1) is 93.2 Å². The molecule has 0 unspecified atom stereocenters. The number of hydrogen-bond acceptors (Lipinski definition) is 9. The Bertz CT molecular complexity index is 11000. The predicted molar refractivity (Wildman–Crippen MR) is 612 cm³/mol. The van der Waals surface area contributed by atoms with Gasteiger partial charge in [-0.15, -0.1) is 22.7 Å². The summed E-state index contributed by atoms with van der Waals surface area (Å²) < 4.78 is 23.8. The third-order valence-electron chi connectivity index (χ3n) is 29.6. The van der Waals surface area contributed by atoms with Crippen molar-refractivity contribution >= 4 is 216 Å². The average molecular weight is 1910 g/mol. The van der Waals surface area contributed by atoms with Crippen LogP contribution in [0.25, 0.3) is 284 Å². The number of furan rings is 1. The molecule has 0 aliphatic rings. The number of rotatable bonds is 11. The fourth-order valence-electron chi connectivity index (χ4n) is 23.0. The molecule has 0 spiro atoms. The van der Waals surface area contributed by atoms with Crippen LogP contribution < -0.4 is 0 Å². The Labute approximate surface area is 847 Å². The minimum Gasteiger partial charge on any atom is -0.438 e. The smallest absolute Gasteiger partial charge is 0.232 e. The lowest BCUT2D eigenvalue weighted by Crippen LogP contribution is -1.98. The SMILES string of the molecule is c1ccc(-n2c3ccccc3c3cc(-c4ccc5c(c4)c4ccccc4n5-c4ccc(-c5ncnc6c5sc5ccccc56)cc4)ccc32)cc1.c1ccc(-n2c3ccccc3c3cc(-c4ccc5c(c4)c4ccccc4n5-c4ccc(-c5ncnc6sc7ccccc7c56)cc4)ccc32)cc1.c1ccc(-n2c3ccccc3c3cc(-c4ccc5c(c4)c4ccccc4n5-c4ncnc5oc6ccccc6c45)ccc32)cc1. The Morgan fingerprint density at radius 2 is 0.469 bits per heavy atom. The Morgan fingerprint density at radius 3 is 0.871 bits per heavy atom. The minimum atomic E-state index is 0.590. The zero-order chi connectivity index (χ0) is 96.4. The monoisotopic (exact) mass is 1910 g/mol. The summed E-state index contributed by atoms with van der Waals surface area (Å²) >= 11 is 3.48. The van der Waals surface area contributed by atoms with Crippen molar-refractivity contribution in [2.24, 2.45) is 0 Å². The van der Waals surface area contributed by atoms with Crippen molar-refractivity contribution in [2.45, 2.75) is 0 Å². The standard InChI is InChI=1S/2C46H28N4S.C40H24N4O/c1-2-10-32(11-3-1)49-39-15-7-4-12-34(39)37-26-30(20-24-41(37)49)31-21-25-42-38(27-31)35-13-5-8-16-40(35)50(42)33-22-18-29(19-23-33)45-44-36-14-6-9-17-43(36)51-46(44)48-28-47-45;1-2-10-32(11-3-1)49-39-15-7-4-12-34(39)37-26-30(20-24-41(37)49)31-21-25-42-38(27-31)35-13-5-8-16-40(35)50(42)33-22-18-29(19-23-33)44-46-45(48-28-47-44)36-14-6-9-17-43(36)51-46;1-2-10-27(11-3-1)43-33-15-7-4-12-28(33)31-22-25(18-20-35(31)43)26-19-21-36-32(23-26)29-13-5-8-16-34(29)44(36)39-38-30-14-6-9-17-37(30)45-40(38)42-24-41-39/h2*1-28H;1-24H. The molecule has 0 N–H and O–H groups in total. The van der Waals surface area contributed by atoms with Crippen LogP contribution in [0, 0.1) is 0 Å². The van der Waals surface area contributed by atoms with E-state index in [4.69, 9.17) is 19.4 Å². The quantitative estimate of drug-likeness (QED) is 0.126. The lowest BCUT2D eigenvalue weighted by atomic mass is 10.0. The molecule has 0 saturated heterocycles. The molecule has 0 amide bonds. The average Bonchev–Trinajstić information content (AvgIpc) is 1.55. The zero-order valence-corrected chi connectivity index (χ0v) is 80.4. The van der Waals surface area contributed by atoms with E-state index < -0.39 is 0 Å². The Balaban J connectivity index is 0.000000102. The Morgan fingerprint density at radius 1 is 0.184 bits per heavy atom. The number of nitrogens with zero attached hydrogens (tertiary/aromatic N) is 12. The lowest BCUT2D eigenvalue weighted by molar-refractivity contribution is 0.652. The van der Waals surface area contributed by atoms with Gasteiger partial charge in [-0.2, -0.15) is 0 Å². The van der Waals surface area contributed by atoms with Crippen LogP contribution in [0.15, 0.2) is 491 Å². The van der Waals surface area contributed by atoms with Crippen LogP contribution in [-0.2, 0) is 0 Å². The molecule has 0 fully saturated rings. The first-order valence-corrected chi connectivity index (χ1v) is 51.0. The number of hydrogen-bond donors (Lipinski definition) is 0. The summed E-state index contributed by atoms with van der Waals surface area (Å²) in [6.07, 6.45) is 4.97. The maximum atomic E-state index is 6.12. The molecule has 0 radical (unpaired) electrons. The van der Waals surface area contributed by atoms with E-state index in [9.17, 15) is 0 Å². The summed E-state index contributed by atoms with van der Waals surface area (Å²) in [6.45, 7) is 0. The molecule has 0 saturated carbocycles. The van der Waals surface area contributed by atoms with Gasteiger partial charge in [0, 0.05) is 135 Å². The fraction of sp³-hybridized carbons (Fsp3) is 0. The molecule has 13 nitrogen and oxygen atoms in total. The van der Waals surface area contributed by atoms with Gasteiger partial charge in [0.15, 0.2) is 5.82 Å². The highest BCUT2D eigenvalue weighted by Gasteiger charge is 2.26. The van der Waals surface area contributed by atoms with Gasteiger partial charge in [-0.1, -0.05) is 279 Å². The first kappa shape index (κ1) is 83.5. The number of thiophene rings is 2. The van der Waals surface area contributed by atoms with Crippen LogP contribution in [-0.4, -0.2) is 57.3 Å². The van der Waals surface area contributed by atoms with Crippen molar-refractivity contribution in [1.29, 1.82) is 0 Å². The van der Waals surface area contributed by atoms with Gasteiger partial charge in [0.1, 0.15) is 29.4 Å². The second-order valence-corrected chi connectivity index (χ2v) is 39.7. The predicted octanol–water partition coefficient (Wildman–Crippen LogP) is 35.0. The summed E-state index contributed by atoms with van der Waals surface area (Å²) in [7, 11) is 0. The van der Waals surface area contributed by atoms with Crippen LogP contribution in [0.3, 0.4) is 0 Å². The van der Waals surface area contributed by atoms with Gasteiger partial charge in [0.25, 0.3) is 0 Å². The molecule has 686 valence electrons. The molecule has 0 bridgehead atoms. The van der Waals surface area contributed by atoms with Crippen molar-refractivity contribution in [1.82, 2.24) is 57.3 Å². The van der Waals surface area contributed by atoms with E-state index in [1.807, 2.05) is 18.2 Å². The van der Waals surface area contributed by atoms with Gasteiger partial charge < -0.3 is 27.3 Å². The van der Waals surface area contributed by atoms with Gasteiger partial charge in [-0.3, -0.25) is 4.57 Å². The van der Waals surface area contributed by atoms with Crippen molar-refractivity contribution in [2.75, 3.05) is 0 Å². The van der Waals surface area contributed by atoms with E-state index >= 15 is 0 Å². The largest absolute Gasteiger partial charge is 0.438 e. The molecule has 0 aliphatic heterocycles. The maximum Gasteiger partial charge on any atom is 0.232 e. The molecule has 32 aromatic rings. The second-order valence-electron chi connectivity index (χ2n) is 37.6. The molecule has 12 aromatic heterocycles. The first-order valence-electron chi connectivity index (χ1n) is 49.4. The van der Waals surface area contributed by atoms with Crippen LogP contribution in [0.4, 0.5) is 0 Å². The zero-order valence-electron chi connectivity index (χ0n) is 78.8. The van der Waals surface area contributed by atoms with E-state index in [0.29, 0.717) is 5.71 Å². The topological polar surface area (TPSA) is 120 Å². The molecule has 147 heavy (non-hydrogen) atoms. The van der Waals surface area contributed by atoms with Crippen LogP contribution in [0.1, 0.15) is 0 Å². The number of benzene rings is 20. The van der Waals surface area contributed by atoms with Crippen LogP contribution in [0.5, 0.6) is 0 Å². The first-order chi connectivity index (χ1) is 72.9. The summed E-state index contributed by atoms with van der Waals surface area (Å²) in [5.74, 6) is 0.819. The number of fused-ring (bicyclic) bond motifs is 27. The van der Waals surface area contributed by atoms with Crippen molar-refractivity contribution in [3.8, 4) is 90.2 Å². The van der Waals surface area contributed by atoms with E-state index in [1.165, 1.54) is 185 Å². The second kappa shape index (κ2) is 33.7. The van der Waals surface area contributed by atoms with E-state index in [0.717, 1.165) is 93.2 Å². The van der Waals surface area contributed by atoms with Crippen LogP contribution in [0.2, 0.25) is 0 Å².